The molecule has 2 saturated heterocycles. The quantitative estimate of drug-likeness (QED) is 0.661. The maximum atomic E-state index is 12.8. The van der Waals surface area contributed by atoms with Crippen molar-refractivity contribution in [1.29, 1.82) is 0 Å². The monoisotopic (exact) mass is 409 g/mol. The van der Waals surface area contributed by atoms with Crippen molar-refractivity contribution >= 4 is 17.2 Å². The van der Waals surface area contributed by atoms with Crippen LogP contribution >= 0.6 is 11.3 Å². The largest absolute Gasteiger partial charge is 0.337 e. The summed E-state index contributed by atoms with van der Waals surface area (Å²) in [5, 5.41) is 5.11. The highest BCUT2D eigenvalue weighted by molar-refractivity contribution is 7.13. The number of aryl methyl sites for hydroxylation is 2. The predicted molar refractivity (Wildman–Crippen MR) is 110 cm³/mol. The summed E-state index contributed by atoms with van der Waals surface area (Å²) in [6, 6.07) is 9.95. The van der Waals surface area contributed by atoms with E-state index in [1.807, 2.05) is 49.1 Å². The van der Waals surface area contributed by atoms with E-state index in [0.717, 1.165) is 47.2 Å². The molecule has 5 rings (SSSR count). The normalized spacial score (nSPS) is 20.9. The van der Waals surface area contributed by atoms with Crippen molar-refractivity contribution in [2.24, 2.45) is 5.41 Å². The summed E-state index contributed by atoms with van der Waals surface area (Å²) in [7, 11) is 2.09. The van der Waals surface area contributed by atoms with Crippen LogP contribution in [0.2, 0.25) is 0 Å². The van der Waals surface area contributed by atoms with Crippen molar-refractivity contribution in [2.75, 3.05) is 26.7 Å². The number of aromatic nitrogens is 3. The SMILES string of the molecule is Cc1nc(C)c(C(=O)N2CC3(CC(c4nc(-c5ccccc5)no4)N(C)C3)C2)s1. The summed E-state index contributed by atoms with van der Waals surface area (Å²) in [6.07, 6.45) is 0.921. The highest BCUT2D eigenvalue weighted by Crippen LogP contribution is 2.48. The molecule has 1 unspecified atom stereocenters. The highest BCUT2D eigenvalue weighted by Gasteiger charge is 2.53. The van der Waals surface area contributed by atoms with Crippen molar-refractivity contribution in [3.8, 4) is 11.4 Å². The number of thiazole rings is 1. The third-order valence-corrected chi connectivity index (χ3v) is 7.00. The zero-order valence-corrected chi connectivity index (χ0v) is 17.6. The molecule has 4 heterocycles. The Hall–Kier alpha value is -2.58. The van der Waals surface area contributed by atoms with E-state index in [4.69, 9.17) is 4.52 Å². The minimum Gasteiger partial charge on any atom is -0.337 e. The number of hydrogen-bond donors (Lipinski definition) is 0. The highest BCUT2D eigenvalue weighted by atomic mass is 32.1. The number of carbonyl (C=O) groups is 1. The average Bonchev–Trinajstić information content (AvgIpc) is 3.37. The van der Waals surface area contributed by atoms with Gasteiger partial charge in [-0.25, -0.2) is 4.98 Å². The molecular weight excluding hydrogens is 386 g/mol. The van der Waals surface area contributed by atoms with Crippen LogP contribution in [0.5, 0.6) is 0 Å². The molecular formula is C21H23N5O2S. The minimum atomic E-state index is 0.0876. The van der Waals surface area contributed by atoms with Gasteiger partial charge < -0.3 is 9.42 Å². The molecule has 1 atom stereocenters. The first-order chi connectivity index (χ1) is 13.9. The van der Waals surface area contributed by atoms with Gasteiger partial charge in [0.05, 0.1) is 16.7 Å². The number of hydrogen-bond acceptors (Lipinski definition) is 7. The lowest BCUT2D eigenvalue weighted by atomic mass is 9.77. The summed E-state index contributed by atoms with van der Waals surface area (Å²) < 4.78 is 5.61. The summed E-state index contributed by atoms with van der Waals surface area (Å²) in [5.74, 6) is 1.38. The lowest BCUT2D eigenvalue weighted by Crippen LogP contribution is -2.59. The summed E-state index contributed by atoms with van der Waals surface area (Å²) >= 11 is 1.48. The Balaban J connectivity index is 1.28. The van der Waals surface area contributed by atoms with Crippen molar-refractivity contribution in [2.45, 2.75) is 26.3 Å². The molecule has 1 amide bonds. The van der Waals surface area contributed by atoms with Gasteiger partial charge in [-0.3, -0.25) is 9.69 Å². The second-order valence-electron chi connectivity index (χ2n) is 8.27. The zero-order valence-electron chi connectivity index (χ0n) is 16.8. The summed E-state index contributed by atoms with van der Waals surface area (Å²) in [4.78, 5) is 26.9. The van der Waals surface area contributed by atoms with Crippen LogP contribution in [0.25, 0.3) is 11.4 Å². The molecule has 2 aliphatic heterocycles. The van der Waals surface area contributed by atoms with Crippen LogP contribution in [0.4, 0.5) is 0 Å². The van der Waals surface area contributed by atoms with Crippen molar-refractivity contribution < 1.29 is 9.32 Å². The van der Waals surface area contributed by atoms with Gasteiger partial charge in [-0.2, -0.15) is 4.98 Å². The summed E-state index contributed by atoms with van der Waals surface area (Å²) in [6.45, 7) is 6.30. The molecule has 0 aliphatic carbocycles. The van der Waals surface area contributed by atoms with Gasteiger partial charge in [0.15, 0.2) is 0 Å². The van der Waals surface area contributed by atoms with Crippen LogP contribution in [0.3, 0.4) is 0 Å². The molecule has 0 bridgehead atoms. The Bertz CT molecular complexity index is 1050. The van der Waals surface area contributed by atoms with E-state index < -0.39 is 0 Å². The first-order valence-electron chi connectivity index (χ1n) is 9.77. The average molecular weight is 410 g/mol. The van der Waals surface area contributed by atoms with Gasteiger partial charge in [0.2, 0.25) is 11.7 Å². The van der Waals surface area contributed by atoms with Gasteiger partial charge in [-0.1, -0.05) is 35.5 Å². The third kappa shape index (κ3) is 3.16. The number of nitrogens with zero attached hydrogens (tertiary/aromatic N) is 5. The van der Waals surface area contributed by atoms with Crippen LogP contribution in [-0.2, 0) is 0 Å². The Kier molecular flexibility index (Phi) is 4.29. The molecule has 1 spiro atoms. The van der Waals surface area contributed by atoms with E-state index in [0.29, 0.717) is 11.7 Å². The number of amides is 1. The van der Waals surface area contributed by atoms with Crippen LogP contribution in [-0.4, -0.2) is 57.5 Å². The maximum Gasteiger partial charge on any atom is 0.265 e. The fourth-order valence-electron chi connectivity index (χ4n) is 4.63. The molecule has 0 saturated carbocycles. The van der Waals surface area contributed by atoms with Gasteiger partial charge >= 0.3 is 0 Å². The first-order valence-corrected chi connectivity index (χ1v) is 10.6. The van der Waals surface area contributed by atoms with E-state index in [-0.39, 0.29) is 17.4 Å². The van der Waals surface area contributed by atoms with Crippen LogP contribution < -0.4 is 0 Å². The maximum absolute atomic E-state index is 12.8. The van der Waals surface area contributed by atoms with E-state index >= 15 is 0 Å². The molecule has 1 aromatic carbocycles. The molecule has 2 aliphatic rings. The molecule has 2 fully saturated rings. The number of rotatable bonds is 3. The Morgan fingerprint density at radius 2 is 1.93 bits per heavy atom. The zero-order chi connectivity index (χ0) is 20.2. The predicted octanol–water partition coefficient (Wildman–Crippen LogP) is 3.33. The third-order valence-electron chi connectivity index (χ3n) is 5.94. The molecule has 0 radical (unpaired) electrons. The molecule has 3 aromatic rings. The van der Waals surface area contributed by atoms with Gasteiger partial charge in [0.1, 0.15) is 4.88 Å². The van der Waals surface area contributed by atoms with E-state index in [9.17, 15) is 4.79 Å². The fraction of sp³-hybridized carbons (Fsp3) is 0.429. The summed E-state index contributed by atoms with van der Waals surface area (Å²) in [5.41, 5.74) is 1.89. The molecule has 2 aromatic heterocycles. The smallest absolute Gasteiger partial charge is 0.265 e. The Morgan fingerprint density at radius 3 is 2.62 bits per heavy atom. The molecule has 7 nitrogen and oxygen atoms in total. The number of likely N-dealkylation sites (tertiary alicyclic amines) is 2. The first kappa shape index (κ1) is 18.4. The van der Waals surface area contributed by atoms with Crippen molar-refractivity contribution in [1.82, 2.24) is 24.9 Å². The minimum absolute atomic E-state index is 0.0876. The standard InChI is InChI=1S/C21H23N5O2S/c1-13-17(29-14(2)22-13)20(27)26-11-21(12-26)9-16(25(3)10-21)19-23-18(24-28-19)15-7-5-4-6-8-15/h4-8,16H,9-12H2,1-3H3. The van der Waals surface area contributed by atoms with Crippen molar-refractivity contribution in [3.63, 3.8) is 0 Å². The number of benzene rings is 1. The van der Waals surface area contributed by atoms with Gasteiger partial charge in [0, 0.05) is 30.6 Å². The van der Waals surface area contributed by atoms with Crippen LogP contribution in [0.15, 0.2) is 34.9 Å². The molecule has 0 N–H and O–H groups in total. The van der Waals surface area contributed by atoms with E-state index in [1.54, 1.807) is 0 Å². The lowest BCUT2D eigenvalue weighted by Gasteiger charge is -2.47. The second-order valence-corrected chi connectivity index (χ2v) is 9.47. The van der Waals surface area contributed by atoms with E-state index in [2.05, 4.69) is 27.1 Å². The Morgan fingerprint density at radius 1 is 1.17 bits per heavy atom. The van der Waals surface area contributed by atoms with Gasteiger partial charge in [0.25, 0.3) is 5.91 Å². The Labute approximate surface area is 173 Å². The van der Waals surface area contributed by atoms with Crippen LogP contribution in [0.1, 0.15) is 38.7 Å². The lowest BCUT2D eigenvalue weighted by molar-refractivity contribution is 0.0118. The van der Waals surface area contributed by atoms with E-state index in [1.165, 1.54) is 11.3 Å². The second kappa shape index (κ2) is 6.74. The van der Waals surface area contributed by atoms with Gasteiger partial charge in [-0.15, -0.1) is 11.3 Å². The number of carbonyl (C=O) groups excluding carboxylic acids is 1. The molecule has 150 valence electrons. The molecule has 29 heavy (non-hydrogen) atoms. The topological polar surface area (TPSA) is 75.4 Å². The van der Waals surface area contributed by atoms with Crippen molar-refractivity contribution in [3.05, 3.63) is 51.8 Å². The molecule has 8 heteroatoms. The van der Waals surface area contributed by atoms with Crippen LogP contribution in [0, 0.1) is 19.3 Å². The fourth-order valence-corrected chi connectivity index (χ4v) is 5.52. The van der Waals surface area contributed by atoms with Gasteiger partial charge in [-0.05, 0) is 27.3 Å².